The molecule has 0 saturated carbocycles. The molecule has 100 valence electrons. The number of allylic oxidation sites excluding steroid dienone is 4. The van der Waals surface area contributed by atoms with Crippen molar-refractivity contribution in [2.24, 2.45) is 5.73 Å². The van der Waals surface area contributed by atoms with Gasteiger partial charge in [0.05, 0.1) is 0 Å². The molecule has 2 heteroatoms. The van der Waals surface area contributed by atoms with Crippen molar-refractivity contribution in [3.05, 3.63) is 70.3 Å². The number of rotatable bonds is 2. The number of fused-ring (bicyclic) bond motifs is 1. The maximum Gasteiger partial charge on any atom is 0.249 e. The Bertz CT molecular complexity index is 717. The molecule has 2 N–H and O–H groups in total. The third-order valence-corrected chi connectivity index (χ3v) is 3.86. The fraction of sp³-hybridized carbons (Fsp3) is 0.167. The first-order valence-electron chi connectivity index (χ1n) is 6.76. The van der Waals surface area contributed by atoms with Crippen molar-refractivity contribution in [3.63, 3.8) is 0 Å². The highest BCUT2D eigenvalue weighted by Gasteiger charge is 2.22. The lowest BCUT2D eigenvalue weighted by Gasteiger charge is -2.19. The van der Waals surface area contributed by atoms with Crippen molar-refractivity contribution in [2.45, 2.75) is 19.8 Å². The Balaban J connectivity index is 2.27. The lowest BCUT2D eigenvalue weighted by molar-refractivity contribution is -0.114. The van der Waals surface area contributed by atoms with Crippen molar-refractivity contribution >= 4 is 17.6 Å². The Kier molecular flexibility index (Phi) is 2.94. The van der Waals surface area contributed by atoms with Gasteiger partial charge in [-0.3, -0.25) is 4.79 Å². The van der Waals surface area contributed by atoms with Gasteiger partial charge in [-0.1, -0.05) is 48.6 Å². The molecule has 0 radical (unpaired) electrons. The first kappa shape index (κ1) is 12.7. The van der Waals surface area contributed by atoms with Gasteiger partial charge in [-0.2, -0.15) is 0 Å². The van der Waals surface area contributed by atoms with E-state index >= 15 is 0 Å². The fourth-order valence-electron chi connectivity index (χ4n) is 2.99. The second-order valence-electron chi connectivity index (χ2n) is 5.41. The Morgan fingerprint density at radius 2 is 2.15 bits per heavy atom. The quantitative estimate of drug-likeness (QED) is 0.873. The Morgan fingerprint density at radius 1 is 1.35 bits per heavy atom. The molecule has 2 nitrogen and oxygen atoms in total. The van der Waals surface area contributed by atoms with Gasteiger partial charge in [0.1, 0.15) is 0 Å². The first-order valence-corrected chi connectivity index (χ1v) is 6.76. The normalized spacial score (nSPS) is 17.2. The van der Waals surface area contributed by atoms with Crippen molar-refractivity contribution in [2.75, 3.05) is 0 Å². The molecule has 0 unspecified atom stereocenters. The van der Waals surface area contributed by atoms with E-state index in [2.05, 4.69) is 31.7 Å². The minimum atomic E-state index is -0.395. The van der Waals surface area contributed by atoms with Crippen LogP contribution in [0.2, 0.25) is 0 Å². The van der Waals surface area contributed by atoms with Gasteiger partial charge in [0, 0.05) is 5.57 Å². The van der Waals surface area contributed by atoms with Crippen molar-refractivity contribution in [1.29, 1.82) is 0 Å². The van der Waals surface area contributed by atoms with Gasteiger partial charge in [-0.25, -0.2) is 0 Å². The van der Waals surface area contributed by atoms with Gasteiger partial charge in [0.25, 0.3) is 0 Å². The zero-order valence-electron chi connectivity index (χ0n) is 11.6. The predicted octanol–water partition coefficient (Wildman–Crippen LogP) is 3.40. The van der Waals surface area contributed by atoms with E-state index in [1.54, 1.807) is 0 Å². The van der Waals surface area contributed by atoms with Crippen LogP contribution in [-0.4, -0.2) is 5.91 Å². The van der Waals surface area contributed by atoms with E-state index < -0.39 is 5.91 Å². The molecule has 0 heterocycles. The van der Waals surface area contributed by atoms with Crippen molar-refractivity contribution < 1.29 is 4.79 Å². The SMILES string of the molecule is C=C1CC=CC(C(N)=O)=C1c1cccc2c1C=C(C)C2. The number of carbonyl (C=O) groups is 1. The average Bonchev–Trinajstić information content (AvgIpc) is 2.78. The molecule has 0 bridgehead atoms. The van der Waals surface area contributed by atoms with Gasteiger partial charge in [-0.15, -0.1) is 0 Å². The van der Waals surface area contributed by atoms with Crippen molar-refractivity contribution in [1.82, 2.24) is 0 Å². The van der Waals surface area contributed by atoms with Gasteiger partial charge in [0.15, 0.2) is 0 Å². The summed E-state index contributed by atoms with van der Waals surface area (Å²) in [7, 11) is 0. The zero-order valence-corrected chi connectivity index (χ0v) is 11.6. The highest BCUT2D eigenvalue weighted by Crippen LogP contribution is 2.38. The third kappa shape index (κ3) is 1.94. The molecule has 0 aromatic heterocycles. The predicted molar refractivity (Wildman–Crippen MR) is 82.8 cm³/mol. The fourth-order valence-corrected chi connectivity index (χ4v) is 2.99. The van der Waals surface area contributed by atoms with E-state index in [0.717, 1.165) is 29.6 Å². The Hall–Kier alpha value is -2.35. The summed E-state index contributed by atoms with van der Waals surface area (Å²) in [6, 6.07) is 6.23. The van der Waals surface area contributed by atoms with Crippen LogP contribution in [0.4, 0.5) is 0 Å². The topological polar surface area (TPSA) is 43.1 Å². The van der Waals surface area contributed by atoms with Crippen LogP contribution in [0, 0.1) is 0 Å². The highest BCUT2D eigenvalue weighted by atomic mass is 16.1. The number of nitrogens with two attached hydrogens (primary N) is 1. The molecule has 0 aliphatic heterocycles. The van der Waals surface area contributed by atoms with E-state index in [1.807, 2.05) is 18.2 Å². The summed E-state index contributed by atoms with van der Waals surface area (Å²) in [5.41, 5.74) is 12.9. The van der Waals surface area contributed by atoms with E-state index in [1.165, 1.54) is 16.7 Å². The molecular formula is C18H17NO. The second kappa shape index (κ2) is 4.64. The summed E-state index contributed by atoms with van der Waals surface area (Å²) in [5.74, 6) is -0.395. The van der Waals surface area contributed by atoms with Crippen LogP contribution in [0.3, 0.4) is 0 Å². The van der Waals surface area contributed by atoms with Crippen LogP contribution in [0.25, 0.3) is 11.6 Å². The van der Waals surface area contributed by atoms with Gasteiger partial charge in [-0.05, 0) is 47.6 Å². The van der Waals surface area contributed by atoms with Crippen molar-refractivity contribution in [3.8, 4) is 0 Å². The molecule has 1 aromatic carbocycles. The number of hydrogen-bond acceptors (Lipinski definition) is 1. The molecule has 0 atom stereocenters. The minimum Gasteiger partial charge on any atom is -0.366 e. The second-order valence-corrected chi connectivity index (χ2v) is 5.41. The van der Waals surface area contributed by atoms with E-state index in [-0.39, 0.29) is 0 Å². The number of primary amides is 1. The summed E-state index contributed by atoms with van der Waals surface area (Å²) in [5, 5.41) is 0. The molecule has 2 aliphatic rings. The number of carbonyl (C=O) groups excluding carboxylic acids is 1. The smallest absolute Gasteiger partial charge is 0.249 e. The van der Waals surface area contributed by atoms with E-state index in [0.29, 0.717) is 5.57 Å². The van der Waals surface area contributed by atoms with E-state index in [9.17, 15) is 4.79 Å². The first-order chi connectivity index (χ1) is 9.58. The molecule has 0 saturated heterocycles. The summed E-state index contributed by atoms with van der Waals surface area (Å²) in [6.07, 6.45) is 7.69. The molecule has 2 aliphatic carbocycles. The summed E-state index contributed by atoms with van der Waals surface area (Å²) in [6.45, 7) is 6.24. The van der Waals surface area contributed by atoms with Crippen LogP contribution in [-0.2, 0) is 11.2 Å². The number of benzene rings is 1. The summed E-state index contributed by atoms with van der Waals surface area (Å²) >= 11 is 0. The Labute approximate surface area is 119 Å². The highest BCUT2D eigenvalue weighted by molar-refractivity contribution is 6.07. The van der Waals surface area contributed by atoms with Gasteiger partial charge in [0.2, 0.25) is 5.91 Å². The largest absolute Gasteiger partial charge is 0.366 e. The Morgan fingerprint density at radius 3 is 2.90 bits per heavy atom. The molecular weight excluding hydrogens is 246 g/mol. The molecule has 0 fully saturated rings. The maximum absolute atomic E-state index is 11.7. The van der Waals surface area contributed by atoms with Crippen LogP contribution in [0.15, 0.2) is 53.6 Å². The molecule has 20 heavy (non-hydrogen) atoms. The van der Waals surface area contributed by atoms with E-state index in [4.69, 9.17) is 5.73 Å². The van der Waals surface area contributed by atoms with Gasteiger partial charge >= 0.3 is 0 Å². The van der Waals surface area contributed by atoms with Crippen LogP contribution >= 0.6 is 0 Å². The third-order valence-electron chi connectivity index (χ3n) is 3.86. The van der Waals surface area contributed by atoms with Crippen LogP contribution in [0.5, 0.6) is 0 Å². The summed E-state index contributed by atoms with van der Waals surface area (Å²) < 4.78 is 0. The van der Waals surface area contributed by atoms with Gasteiger partial charge < -0.3 is 5.73 Å². The molecule has 0 spiro atoms. The summed E-state index contributed by atoms with van der Waals surface area (Å²) in [4.78, 5) is 11.7. The minimum absolute atomic E-state index is 0.395. The maximum atomic E-state index is 11.7. The lowest BCUT2D eigenvalue weighted by atomic mass is 9.85. The van der Waals surface area contributed by atoms with Crippen LogP contribution in [0.1, 0.15) is 30.0 Å². The molecule has 3 rings (SSSR count). The zero-order chi connectivity index (χ0) is 14.3. The monoisotopic (exact) mass is 263 g/mol. The number of hydrogen-bond donors (Lipinski definition) is 1. The molecule has 1 amide bonds. The average molecular weight is 263 g/mol. The number of amides is 1. The lowest BCUT2D eigenvalue weighted by Crippen LogP contribution is -2.16. The molecule has 1 aromatic rings. The van der Waals surface area contributed by atoms with Crippen LogP contribution < -0.4 is 5.73 Å². The standard InChI is InChI=1S/C18H17NO/c1-11-9-13-6-4-7-14(16(13)10-11)17-12(2)5-3-8-15(17)18(19)20/h3-4,6-8,10H,2,5,9H2,1H3,(H2,19,20).